The highest BCUT2D eigenvalue weighted by Crippen LogP contribution is 2.27. The van der Waals surface area contributed by atoms with Crippen LogP contribution < -0.4 is 5.32 Å². The predicted octanol–water partition coefficient (Wildman–Crippen LogP) is 3.23. The first kappa shape index (κ1) is 12.7. The molecule has 1 amide bonds. The molecule has 0 saturated carbocycles. The molecule has 0 saturated heterocycles. The summed E-state index contributed by atoms with van der Waals surface area (Å²) in [5.41, 5.74) is 5.12. The fourth-order valence-corrected chi connectivity index (χ4v) is 2.34. The molecule has 0 spiro atoms. The lowest BCUT2D eigenvalue weighted by atomic mass is 10.0. The van der Waals surface area contributed by atoms with Crippen molar-refractivity contribution >= 4 is 16.8 Å². The van der Waals surface area contributed by atoms with Crippen molar-refractivity contribution in [2.24, 2.45) is 0 Å². The maximum atomic E-state index is 12.2. The van der Waals surface area contributed by atoms with Gasteiger partial charge in [0.25, 0.3) is 5.91 Å². The van der Waals surface area contributed by atoms with Gasteiger partial charge >= 0.3 is 0 Å². The lowest BCUT2D eigenvalue weighted by Gasteiger charge is -2.05. The standard InChI is InChI=1S/C15H20N2O/c1-5-8-16-15(18)13-11(4)17-14-10(3)7-6-9(2)12(13)14/h6-7,17H,5,8H2,1-4H3,(H,16,18). The maximum absolute atomic E-state index is 12.2. The topological polar surface area (TPSA) is 44.9 Å². The quantitative estimate of drug-likeness (QED) is 0.855. The van der Waals surface area contributed by atoms with Crippen LogP contribution in [0.4, 0.5) is 0 Å². The summed E-state index contributed by atoms with van der Waals surface area (Å²) in [6.07, 6.45) is 0.950. The number of rotatable bonds is 3. The smallest absolute Gasteiger partial charge is 0.253 e. The van der Waals surface area contributed by atoms with Crippen LogP contribution in [0.1, 0.15) is 40.5 Å². The number of aromatic nitrogens is 1. The van der Waals surface area contributed by atoms with E-state index in [0.717, 1.165) is 40.7 Å². The second-order valence-corrected chi connectivity index (χ2v) is 4.83. The molecule has 2 aromatic rings. The normalized spacial score (nSPS) is 10.9. The number of fused-ring (bicyclic) bond motifs is 1. The summed E-state index contributed by atoms with van der Waals surface area (Å²) >= 11 is 0. The second kappa shape index (κ2) is 4.84. The Hall–Kier alpha value is -1.77. The Labute approximate surface area is 108 Å². The van der Waals surface area contributed by atoms with Crippen molar-refractivity contribution in [2.75, 3.05) is 6.54 Å². The van der Waals surface area contributed by atoms with Gasteiger partial charge in [-0.15, -0.1) is 0 Å². The molecular formula is C15H20N2O. The molecule has 0 aliphatic rings. The molecule has 2 rings (SSSR count). The zero-order valence-electron chi connectivity index (χ0n) is 11.5. The average Bonchev–Trinajstić information content (AvgIpc) is 2.69. The zero-order valence-corrected chi connectivity index (χ0v) is 11.5. The van der Waals surface area contributed by atoms with E-state index < -0.39 is 0 Å². The number of aromatic amines is 1. The van der Waals surface area contributed by atoms with E-state index in [1.54, 1.807) is 0 Å². The SMILES string of the molecule is CCCNC(=O)c1c(C)[nH]c2c(C)ccc(C)c12. The third-order valence-electron chi connectivity index (χ3n) is 3.32. The van der Waals surface area contributed by atoms with Gasteiger partial charge in [-0.2, -0.15) is 0 Å². The molecule has 3 heteroatoms. The number of aryl methyl sites for hydroxylation is 3. The number of carbonyl (C=O) groups excluding carboxylic acids is 1. The van der Waals surface area contributed by atoms with E-state index in [2.05, 4.69) is 36.3 Å². The minimum Gasteiger partial charge on any atom is -0.358 e. The van der Waals surface area contributed by atoms with Gasteiger partial charge in [-0.1, -0.05) is 19.1 Å². The molecule has 1 aromatic carbocycles. The van der Waals surface area contributed by atoms with Gasteiger partial charge in [0, 0.05) is 23.1 Å². The van der Waals surface area contributed by atoms with Crippen molar-refractivity contribution in [3.8, 4) is 0 Å². The molecule has 0 bridgehead atoms. The Morgan fingerprint density at radius 3 is 2.56 bits per heavy atom. The third-order valence-corrected chi connectivity index (χ3v) is 3.32. The fourth-order valence-electron chi connectivity index (χ4n) is 2.34. The average molecular weight is 244 g/mol. The molecule has 96 valence electrons. The predicted molar refractivity (Wildman–Crippen MR) is 75.1 cm³/mol. The van der Waals surface area contributed by atoms with Crippen molar-refractivity contribution in [3.05, 3.63) is 34.5 Å². The van der Waals surface area contributed by atoms with Crippen LogP contribution in [0.2, 0.25) is 0 Å². The molecule has 0 fully saturated rings. The molecule has 0 unspecified atom stereocenters. The third kappa shape index (κ3) is 2.01. The summed E-state index contributed by atoms with van der Waals surface area (Å²) in [7, 11) is 0. The van der Waals surface area contributed by atoms with Crippen LogP contribution in [0.25, 0.3) is 10.9 Å². The summed E-state index contributed by atoms with van der Waals surface area (Å²) in [6, 6.07) is 4.16. The first-order valence-electron chi connectivity index (χ1n) is 6.43. The van der Waals surface area contributed by atoms with E-state index in [9.17, 15) is 4.79 Å². The van der Waals surface area contributed by atoms with Crippen LogP contribution in [-0.2, 0) is 0 Å². The van der Waals surface area contributed by atoms with Crippen molar-refractivity contribution in [3.63, 3.8) is 0 Å². The van der Waals surface area contributed by atoms with E-state index >= 15 is 0 Å². The first-order valence-corrected chi connectivity index (χ1v) is 6.43. The second-order valence-electron chi connectivity index (χ2n) is 4.83. The molecule has 0 aliphatic heterocycles. The summed E-state index contributed by atoms with van der Waals surface area (Å²) in [5, 5.41) is 4.01. The van der Waals surface area contributed by atoms with Crippen LogP contribution in [-0.4, -0.2) is 17.4 Å². The lowest BCUT2D eigenvalue weighted by Crippen LogP contribution is -2.24. The first-order chi connectivity index (χ1) is 8.56. The van der Waals surface area contributed by atoms with Gasteiger partial charge in [0.05, 0.1) is 5.56 Å². The van der Waals surface area contributed by atoms with Gasteiger partial charge in [0.1, 0.15) is 0 Å². The number of carbonyl (C=O) groups is 1. The van der Waals surface area contributed by atoms with E-state index in [1.807, 2.05) is 13.8 Å². The van der Waals surface area contributed by atoms with Crippen LogP contribution in [0.3, 0.4) is 0 Å². The Morgan fingerprint density at radius 2 is 1.89 bits per heavy atom. The molecule has 1 heterocycles. The fraction of sp³-hybridized carbons (Fsp3) is 0.400. The molecule has 1 aromatic heterocycles. The van der Waals surface area contributed by atoms with Gasteiger partial charge in [0.2, 0.25) is 0 Å². The number of H-pyrrole nitrogens is 1. The minimum absolute atomic E-state index is 0.0225. The highest BCUT2D eigenvalue weighted by atomic mass is 16.1. The molecule has 3 nitrogen and oxygen atoms in total. The Kier molecular flexibility index (Phi) is 3.41. The Balaban J connectivity index is 2.60. The van der Waals surface area contributed by atoms with E-state index in [1.165, 1.54) is 5.56 Å². The van der Waals surface area contributed by atoms with Gasteiger partial charge in [-0.3, -0.25) is 4.79 Å². The number of hydrogen-bond donors (Lipinski definition) is 2. The summed E-state index contributed by atoms with van der Waals surface area (Å²) in [6.45, 7) is 8.84. The highest BCUT2D eigenvalue weighted by molar-refractivity contribution is 6.09. The van der Waals surface area contributed by atoms with Crippen molar-refractivity contribution < 1.29 is 4.79 Å². The van der Waals surface area contributed by atoms with Crippen LogP contribution in [0.15, 0.2) is 12.1 Å². The van der Waals surface area contributed by atoms with Gasteiger partial charge in [-0.05, 0) is 38.3 Å². The largest absolute Gasteiger partial charge is 0.358 e. The van der Waals surface area contributed by atoms with E-state index in [4.69, 9.17) is 0 Å². The minimum atomic E-state index is 0.0225. The summed E-state index contributed by atoms with van der Waals surface area (Å²) in [5.74, 6) is 0.0225. The van der Waals surface area contributed by atoms with Crippen LogP contribution in [0, 0.1) is 20.8 Å². The summed E-state index contributed by atoms with van der Waals surface area (Å²) < 4.78 is 0. The number of hydrogen-bond acceptors (Lipinski definition) is 1. The molecule has 2 N–H and O–H groups in total. The number of benzene rings is 1. The van der Waals surface area contributed by atoms with E-state index in [-0.39, 0.29) is 5.91 Å². The molecule has 0 atom stereocenters. The molecule has 0 aliphatic carbocycles. The van der Waals surface area contributed by atoms with Crippen molar-refractivity contribution in [2.45, 2.75) is 34.1 Å². The maximum Gasteiger partial charge on any atom is 0.253 e. The monoisotopic (exact) mass is 244 g/mol. The van der Waals surface area contributed by atoms with Crippen LogP contribution >= 0.6 is 0 Å². The Morgan fingerprint density at radius 1 is 1.22 bits per heavy atom. The zero-order chi connectivity index (χ0) is 13.3. The van der Waals surface area contributed by atoms with Crippen LogP contribution in [0.5, 0.6) is 0 Å². The number of amides is 1. The summed E-state index contributed by atoms with van der Waals surface area (Å²) in [4.78, 5) is 15.6. The van der Waals surface area contributed by atoms with Gasteiger partial charge in [-0.25, -0.2) is 0 Å². The number of nitrogens with one attached hydrogen (secondary N) is 2. The van der Waals surface area contributed by atoms with E-state index in [0.29, 0.717) is 0 Å². The van der Waals surface area contributed by atoms with Gasteiger partial charge in [0.15, 0.2) is 0 Å². The highest BCUT2D eigenvalue weighted by Gasteiger charge is 2.17. The van der Waals surface area contributed by atoms with Crippen molar-refractivity contribution in [1.82, 2.24) is 10.3 Å². The molecular weight excluding hydrogens is 224 g/mol. The molecule has 0 radical (unpaired) electrons. The Bertz CT molecular complexity index is 596. The van der Waals surface area contributed by atoms with Crippen molar-refractivity contribution in [1.29, 1.82) is 0 Å². The lowest BCUT2D eigenvalue weighted by molar-refractivity contribution is 0.0954. The molecule has 18 heavy (non-hydrogen) atoms. The van der Waals surface area contributed by atoms with Gasteiger partial charge < -0.3 is 10.3 Å².